The van der Waals surface area contributed by atoms with Crippen LogP contribution in [-0.2, 0) is 0 Å². The Morgan fingerprint density at radius 3 is 2.91 bits per heavy atom. The van der Waals surface area contributed by atoms with Gasteiger partial charge in [0.1, 0.15) is 0 Å². The smallest absolute Gasteiger partial charge is 0.0797 e. The van der Waals surface area contributed by atoms with E-state index in [2.05, 4.69) is 16.0 Å². The van der Waals surface area contributed by atoms with Crippen LogP contribution >= 0.6 is 11.3 Å². The maximum Gasteiger partial charge on any atom is 0.0797 e. The van der Waals surface area contributed by atoms with Crippen molar-refractivity contribution in [3.63, 3.8) is 0 Å². The van der Waals surface area contributed by atoms with Crippen molar-refractivity contribution in [3.8, 4) is 10.4 Å². The molecule has 0 spiro atoms. The Balaban J connectivity index is 2.46. The second kappa shape index (κ2) is 2.80. The predicted octanol–water partition coefficient (Wildman–Crippen LogP) is 2.01. The topological polar surface area (TPSA) is 25.8 Å². The van der Waals surface area contributed by atoms with E-state index < -0.39 is 0 Å². The van der Waals surface area contributed by atoms with Crippen LogP contribution in [0.2, 0.25) is 0 Å². The van der Waals surface area contributed by atoms with Gasteiger partial charge in [-0.1, -0.05) is 0 Å². The van der Waals surface area contributed by atoms with Crippen LogP contribution < -0.4 is 0 Å². The van der Waals surface area contributed by atoms with Crippen LogP contribution in [0.4, 0.5) is 0 Å². The minimum atomic E-state index is 1.08. The highest BCUT2D eigenvalue weighted by atomic mass is 32.1. The summed E-state index contributed by atoms with van der Waals surface area (Å²) in [6.45, 7) is 0. The van der Waals surface area contributed by atoms with Crippen molar-refractivity contribution in [1.82, 2.24) is 9.97 Å². The van der Waals surface area contributed by atoms with Gasteiger partial charge in [-0.2, -0.15) is 0 Å². The fourth-order valence-corrected chi connectivity index (χ4v) is 1.42. The van der Waals surface area contributed by atoms with E-state index in [-0.39, 0.29) is 0 Å². The quantitative estimate of drug-likeness (QED) is 0.639. The fraction of sp³-hybridized carbons (Fsp3) is 0. The third-order valence-electron chi connectivity index (χ3n) is 1.32. The lowest BCUT2D eigenvalue weighted by Gasteiger charge is -1.91. The molecule has 2 heterocycles. The first-order chi connectivity index (χ1) is 5.47. The van der Waals surface area contributed by atoms with Gasteiger partial charge in [-0.25, -0.2) is 0 Å². The summed E-state index contributed by atoms with van der Waals surface area (Å²) in [5, 5.41) is 0. The Morgan fingerprint density at radius 2 is 2.27 bits per heavy atom. The van der Waals surface area contributed by atoms with Crippen molar-refractivity contribution >= 4 is 11.3 Å². The van der Waals surface area contributed by atoms with Gasteiger partial charge in [0.2, 0.25) is 0 Å². The summed E-state index contributed by atoms with van der Waals surface area (Å²) in [4.78, 5) is 9.07. The molecular weight excluding hydrogens is 156 g/mol. The van der Waals surface area contributed by atoms with Gasteiger partial charge >= 0.3 is 0 Å². The molecule has 3 heteroatoms. The summed E-state index contributed by atoms with van der Waals surface area (Å²) in [5.41, 5.74) is 2.89. The van der Waals surface area contributed by atoms with Crippen molar-refractivity contribution in [2.45, 2.75) is 0 Å². The van der Waals surface area contributed by atoms with Crippen LogP contribution in [0.15, 0.2) is 30.2 Å². The minimum Gasteiger partial charge on any atom is -0.263 e. The number of nitrogens with zero attached hydrogens (tertiary/aromatic N) is 2. The van der Waals surface area contributed by atoms with Crippen LogP contribution in [0, 0.1) is 6.07 Å². The normalized spacial score (nSPS) is 9.82. The van der Waals surface area contributed by atoms with Crippen LogP contribution in [0.1, 0.15) is 0 Å². The summed E-state index contributed by atoms with van der Waals surface area (Å²) in [7, 11) is 0. The monoisotopic (exact) mass is 161 g/mol. The largest absolute Gasteiger partial charge is 0.263 e. The predicted molar refractivity (Wildman–Crippen MR) is 44.2 cm³/mol. The van der Waals surface area contributed by atoms with Gasteiger partial charge in [0.05, 0.1) is 10.4 Å². The number of hydrogen-bond donors (Lipinski definition) is 0. The maximum absolute atomic E-state index is 3.98. The molecule has 0 aliphatic carbocycles. The zero-order valence-electron chi connectivity index (χ0n) is 5.69. The first-order valence-electron chi connectivity index (χ1n) is 3.17. The number of thiazole rings is 1. The third kappa shape index (κ3) is 1.28. The standard InChI is InChI=1S/C8H5N2S/c1-2-7(4-9-3-1)8-5-10-6-11-8/h2-6H. The zero-order valence-corrected chi connectivity index (χ0v) is 6.51. The van der Waals surface area contributed by atoms with Gasteiger partial charge < -0.3 is 0 Å². The van der Waals surface area contributed by atoms with E-state index in [1.165, 1.54) is 0 Å². The summed E-state index contributed by atoms with van der Waals surface area (Å²) >= 11 is 1.60. The highest BCUT2D eigenvalue weighted by molar-refractivity contribution is 7.13. The lowest BCUT2D eigenvalue weighted by Crippen LogP contribution is -1.73. The lowest BCUT2D eigenvalue weighted by molar-refractivity contribution is 1.32. The zero-order chi connectivity index (χ0) is 7.52. The molecule has 11 heavy (non-hydrogen) atoms. The molecular formula is C8H5N2S. The Morgan fingerprint density at radius 1 is 1.27 bits per heavy atom. The molecule has 53 valence electrons. The van der Waals surface area contributed by atoms with Crippen LogP contribution in [-0.4, -0.2) is 9.97 Å². The van der Waals surface area contributed by atoms with Crippen molar-refractivity contribution < 1.29 is 0 Å². The molecule has 2 rings (SSSR count). The van der Waals surface area contributed by atoms with Gasteiger partial charge in [-0.3, -0.25) is 9.97 Å². The van der Waals surface area contributed by atoms with E-state index in [9.17, 15) is 0 Å². The summed E-state index contributed by atoms with van der Waals surface area (Å²) in [6, 6.07) is 4.82. The number of hydrogen-bond acceptors (Lipinski definition) is 3. The van der Waals surface area contributed by atoms with Crippen molar-refractivity contribution in [2.24, 2.45) is 0 Å². The number of aromatic nitrogens is 2. The Bertz CT molecular complexity index is 315. The van der Waals surface area contributed by atoms with E-state index in [1.807, 2.05) is 24.0 Å². The van der Waals surface area contributed by atoms with Crippen LogP contribution in [0.5, 0.6) is 0 Å². The van der Waals surface area contributed by atoms with E-state index in [0.717, 1.165) is 10.4 Å². The van der Waals surface area contributed by atoms with E-state index in [0.29, 0.717) is 0 Å². The Labute approximate surface area is 68.6 Å². The van der Waals surface area contributed by atoms with Crippen molar-refractivity contribution in [3.05, 3.63) is 36.2 Å². The molecule has 2 aromatic rings. The molecule has 0 saturated carbocycles. The first-order valence-corrected chi connectivity index (χ1v) is 4.05. The molecule has 0 aromatic carbocycles. The number of rotatable bonds is 1. The van der Waals surface area contributed by atoms with E-state index >= 15 is 0 Å². The molecule has 0 amide bonds. The van der Waals surface area contributed by atoms with Gasteiger partial charge in [0.15, 0.2) is 0 Å². The summed E-state index contributed by atoms with van der Waals surface area (Å²) in [5.74, 6) is 0. The molecule has 0 N–H and O–H groups in total. The highest BCUT2D eigenvalue weighted by Gasteiger charge is 1.96. The molecule has 2 nitrogen and oxygen atoms in total. The molecule has 0 aliphatic rings. The second-order valence-electron chi connectivity index (χ2n) is 2.04. The van der Waals surface area contributed by atoms with Gasteiger partial charge in [-0.15, -0.1) is 11.3 Å². The highest BCUT2D eigenvalue weighted by Crippen LogP contribution is 2.20. The van der Waals surface area contributed by atoms with Crippen LogP contribution in [0.25, 0.3) is 10.4 Å². The number of pyridine rings is 1. The molecule has 0 atom stereocenters. The van der Waals surface area contributed by atoms with Crippen LogP contribution in [0.3, 0.4) is 0 Å². The van der Waals surface area contributed by atoms with Gasteiger partial charge in [0.25, 0.3) is 0 Å². The Hall–Kier alpha value is -1.22. The molecule has 1 radical (unpaired) electrons. The minimum absolute atomic E-state index is 1.08. The van der Waals surface area contributed by atoms with E-state index in [1.54, 1.807) is 17.5 Å². The van der Waals surface area contributed by atoms with Crippen molar-refractivity contribution in [1.29, 1.82) is 0 Å². The molecule has 0 aliphatic heterocycles. The SMILES string of the molecule is [c]1cncc(-c2cncs2)c1. The fourth-order valence-electron chi connectivity index (χ4n) is 0.818. The first kappa shape index (κ1) is 6.49. The van der Waals surface area contributed by atoms with Gasteiger partial charge in [-0.05, 0) is 6.07 Å². The average Bonchev–Trinajstić information content (AvgIpc) is 2.58. The van der Waals surface area contributed by atoms with Gasteiger partial charge in [0, 0.05) is 30.2 Å². The molecule has 0 bridgehead atoms. The lowest BCUT2D eigenvalue weighted by atomic mass is 10.3. The second-order valence-corrected chi connectivity index (χ2v) is 2.93. The van der Waals surface area contributed by atoms with Crippen molar-refractivity contribution in [2.75, 3.05) is 0 Å². The molecule has 2 aromatic heterocycles. The third-order valence-corrected chi connectivity index (χ3v) is 2.14. The molecule has 0 saturated heterocycles. The summed E-state index contributed by atoms with van der Waals surface area (Å²) < 4.78 is 0. The average molecular weight is 161 g/mol. The van der Waals surface area contributed by atoms with E-state index in [4.69, 9.17) is 0 Å². The molecule has 0 unspecified atom stereocenters. The maximum atomic E-state index is 3.98. The molecule has 0 fully saturated rings. The Kier molecular flexibility index (Phi) is 1.65. The summed E-state index contributed by atoms with van der Waals surface area (Å²) in [6.07, 6.45) is 5.28.